The number of hydrogen-bond donors (Lipinski definition) is 1. The summed E-state index contributed by atoms with van der Waals surface area (Å²) in [7, 11) is 0. The lowest BCUT2D eigenvalue weighted by molar-refractivity contribution is -0.0112. The van der Waals surface area contributed by atoms with Crippen LogP contribution in [0.5, 0.6) is 0 Å². The third-order valence-corrected chi connectivity index (χ3v) is 5.38. The summed E-state index contributed by atoms with van der Waals surface area (Å²) in [6, 6.07) is 13.3. The molecule has 0 aliphatic carbocycles. The molecule has 1 aliphatic heterocycles. The molecule has 3 nitrogen and oxygen atoms in total. The van der Waals surface area contributed by atoms with E-state index in [0.717, 1.165) is 24.3 Å². The van der Waals surface area contributed by atoms with Gasteiger partial charge in [-0.3, -0.25) is 4.79 Å². The Bertz CT molecular complexity index is 772. The van der Waals surface area contributed by atoms with Crippen LogP contribution < -0.4 is 5.32 Å². The van der Waals surface area contributed by atoms with Crippen LogP contribution in [0.25, 0.3) is 0 Å². The Hall–Kier alpha value is -1.84. The minimum absolute atomic E-state index is 0.150. The Morgan fingerprint density at radius 3 is 2.65 bits per heavy atom. The maximum atomic E-state index is 12.5. The van der Waals surface area contributed by atoms with Crippen LogP contribution in [-0.4, -0.2) is 18.6 Å². The van der Waals surface area contributed by atoms with Gasteiger partial charge in [-0.05, 0) is 73.9 Å². The fourth-order valence-corrected chi connectivity index (χ4v) is 3.32. The summed E-state index contributed by atoms with van der Waals surface area (Å²) in [5.74, 6) is 0.520. The van der Waals surface area contributed by atoms with Gasteiger partial charge in [-0.15, -0.1) is 0 Å². The van der Waals surface area contributed by atoms with Gasteiger partial charge in [0.2, 0.25) is 0 Å². The minimum Gasteiger partial charge on any atom is -0.378 e. The third kappa shape index (κ3) is 4.46. The van der Waals surface area contributed by atoms with Crippen molar-refractivity contribution in [2.45, 2.75) is 33.3 Å². The molecular weight excluding hydrogens is 346 g/mol. The Morgan fingerprint density at radius 2 is 1.96 bits per heavy atom. The number of carbonyl (C=O) groups is 1. The van der Waals surface area contributed by atoms with E-state index in [-0.39, 0.29) is 12.0 Å². The lowest BCUT2D eigenvalue weighted by atomic mass is 9.86. The summed E-state index contributed by atoms with van der Waals surface area (Å²) < 4.78 is 5.79. The molecule has 136 valence electrons. The number of ether oxygens (including phenoxy) is 1. The van der Waals surface area contributed by atoms with E-state index < -0.39 is 0 Å². The first-order chi connectivity index (χ1) is 12.4. The molecule has 0 bridgehead atoms. The SMILES string of the molecule is Cc1c(Cl)cccc1C(=O)Nc1ccc(CC2[C]C(C)C(C)OC2)cc1. The van der Waals surface area contributed by atoms with Crippen molar-refractivity contribution in [3.05, 3.63) is 70.6 Å². The summed E-state index contributed by atoms with van der Waals surface area (Å²) in [5, 5.41) is 3.53. The van der Waals surface area contributed by atoms with E-state index >= 15 is 0 Å². The van der Waals surface area contributed by atoms with Gasteiger partial charge in [-0.1, -0.05) is 36.7 Å². The number of anilines is 1. The quantitative estimate of drug-likeness (QED) is 0.804. The van der Waals surface area contributed by atoms with Crippen LogP contribution in [0.2, 0.25) is 5.02 Å². The Kier molecular flexibility index (Phi) is 6.00. The van der Waals surface area contributed by atoms with E-state index in [1.54, 1.807) is 18.2 Å². The van der Waals surface area contributed by atoms with Gasteiger partial charge in [-0.2, -0.15) is 0 Å². The first-order valence-corrected chi connectivity index (χ1v) is 9.35. The highest BCUT2D eigenvalue weighted by Crippen LogP contribution is 2.26. The number of benzene rings is 2. The molecule has 4 heteroatoms. The maximum Gasteiger partial charge on any atom is 0.255 e. The fourth-order valence-electron chi connectivity index (χ4n) is 3.15. The van der Waals surface area contributed by atoms with Gasteiger partial charge in [0, 0.05) is 16.3 Å². The van der Waals surface area contributed by atoms with Gasteiger partial charge in [0.15, 0.2) is 0 Å². The number of carbonyl (C=O) groups excluding carboxylic acids is 1. The average Bonchev–Trinajstić information content (AvgIpc) is 2.62. The lowest BCUT2D eigenvalue weighted by Crippen LogP contribution is -2.32. The van der Waals surface area contributed by atoms with Crippen molar-refractivity contribution in [2.75, 3.05) is 11.9 Å². The molecule has 1 N–H and O–H groups in total. The van der Waals surface area contributed by atoms with Crippen LogP contribution in [0.1, 0.15) is 35.3 Å². The zero-order chi connectivity index (χ0) is 18.7. The van der Waals surface area contributed by atoms with Gasteiger partial charge in [-0.25, -0.2) is 0 Å². The first-order valence-electron chi connectivity index (χ1n) is 8.97. The van der Waals surface area contributed by atoms with Gasteiger partial charge >= 0.3 is 0 Å². The van der Waals surface area contributed by atoms with Gasteiger partial charge in [0.05, 0.1) is 12.7 Å². The molecule has 1 amide bonds. The van der Waals surface area contributed by atoms with Crippen molar-refractivity contribution < 1.29 is 9.53 Å². The number of nitrogens with one attached hydrogen (secondary N) is 1. The molecule has 3 rings (SSSR count). The summed E-state index contributed by atoms with van der Waals surface area (Å²) in [6.45, 7) is 6.81. The molecule has 1 aliphatic rings. The number of amides is 1. The molecule has 1 saturated heterocycles. The minimum atomic E-state index is -0.150. The van der Waals surface area contributed by atoms with Gasteiger partial charge in [0.25, 0.3) is 5.91 Å². The second-order valence-corrected chi connectivity index (χ2v) is 7.37. The average molecular weight is 370 g/mol. The van der Waals surface area contributed by atoms with Crippen molar-refractivity contribution in [3.8, 4) is 0 Å². The molecule has 1 fully saturated rings. The predicted molar refractivity (Wildman–Crippen MR) is 106 cm³/mol. The molecule has 3 unspecified atom stereocenters. The molecule has 3 atom stereocenters. The van der Waals surface area contributed by atoms with Crippen LogP contribution in [-0.2, 0) is 11.2 Å². The molecule has 0 spiro atoms. The highest BCUT2D eigenvalue weighted by Gasteiger charge is 2.26. The van der Waals surface area contributed by atoms with Crippen LogP contribution in [0.15, 0.2) is 42.5 Å². The zero-order valence-electron chi connectivity index (χ0n) is 15.4. The molecular formula is C22H24ClNO2. The second kappa shape index (κ2) is 8.24. The number of hydrogen-bond acceptors (Lipinski definition) is 2. The Balaban J connectivity index is 1.61. The Labute approximate surface area is 160 Å². The van der Waals surface area contributed by atoms with Crippen molar-refractivity contribution in [1.29, 1.82) is 0 Å². The molecule has 2 aromatic carbocycles. The van der Waals surface area contributed by atoms with E-state index in [0.29, 0.717) is 22.4 Å². The van der Waals surface area contributed by atoms with Crippen molar-refractivity contribution >= 4 is 23.2 Å². The van der Waals surface area contributed by atoms with E-state index in [1.165, 1.54) is 5.56 Å². The highest BCUT2D eigenvalue weighted by molar-refractivity contribution is 6.32. The standard InChI is InChI=1S/C22H24ClNO2/c1-14-11-18(13-26-16(14)3)12-17-7-9-19(10-8-17)24-22(25)20-5-4-6-21(23)15(20)2/h4-10,14,16,18H,12-13H2,1-3H3,(H,24,25). The molecule has 1 heterocycles. The summed E-state index contributed by atoms with van der Waals surface area (Å²) >= 11 is 6.10. The fraction of sp³-hybridized carbons (Fsp3) is 0.364. The normalized spacial score (nSPS) is 22.8. The third-order valence-electron chi connectivity index (χ3n) is 4.97. The van der Waals surface area contributed by atoms with E-state index in [9.17, 15) is 4.79 Å². The maximum absolute atomic E-state index is 12.5. The van der Waals surface area contributed by atoms with Crippen LogP contribution >= 0.6 is 11.6 Å². The molecule has 26 heavy (non-hydrogen) atoms. The molecule has 0 saturated carbocycles. The van der Waals surface area contributed by atoms with Gasteiger partial charge in [0.1, 0.15) is 0 Å². The number of halogens is 1. The Morgan fingerprint density at radius 1 is 1.23 bits per heavy atom. The van der Waals surface area contributed by atoms with E-state index in [1.807, 2.05) is 31.2 Å². The zero-order valence-corrected chi connectivity index (χ0v) is 16.1. The van der Waals surface area contributed by atoms with Crippen molar-refractivity contribution in [3.63, 3.8) is 0 Å². The second-order valence-electron chi connectivity index (χ2n) is 6.96. The van der Waals surface area contributed by atoms with E-state index in [4.69, 9.17) is 16.3 Å². The van der Waals surface area contributed by atoms with Crippen LogP contribution in [0.3, 0.4) is 0 Å². The van der Waals surface area contributed by atoms with E-state index in [2.05, 4.69) is 25.6 Å². The van der Waals surface area contributed by atoms with Crippen LogP contribution in [0, 0.1) is 25.2 Å². The van der Waals surface area contributed by atoms with Crippen molar-refractivity contribution in [2.24, 2.45) is 11.8 Å². The van der Waals surface area contributed by atoms with Crippen LogP contribution in [0.4, 0.5) is 5.69 Å². The summed E-state index contributed by atoms with van der Waals surface area (Å²) in [5.41, 5.74) is 3.36. The van der Waals surface area contributed by atoms with Gasteiger partial charge < -0.3 is 10.1 Å². The first kappa shape index (κ1) is 18.9. The number of rotatable bonds is 4. The topological polar surface area (TPSA) is 38.3 Å². The summed E-state index contributed by atoms with van der Waals surface area (Å²) in [6.07, 6.45) is 4.74. The predicted octanol–water partition coefficient (Wildman–Crippen LogP) is 5.20. The van der Waals surface area contributed by atoms with Crippen molar-refractivity contribution in [1.82, 2.24) is 0 Å². The molecule has 2 aromatic rings. The monoisotopic (exact) mass is 369 g/mol. The molecule has 2 radical (unpaired) electrons. The highest BCUT2D eigenvalue weighted by atomic mass is 35.5. The summed E-state index contributed by atoms with van der Waals surface area (Å²) in [4.78, 5) is 12.5. The smallest absolute Gasteiger partial charge is 0.255 e. The largest absolute Gasteiger partial charge is 0.378 e. The lowest BCUT2D eigenvalue weighted by Gasteiger charge is -2.31. The molecule has 0 aromatic heterocycles.